The molecule has 0 bridgehead atoms. The van der Waals surface area contributed by atoms with Crippen LogP contribution in [-0.4, -0.2) is 48.1 Å². The highest BCUT2D eigenvalue weighted by Gasteiger charge is 2.24. The van der Waals surface area contributed by atoms with Crippen molar-refractivity contribution in [1.82, 2.24) is 9.80 Å². The van der Waals surface area contributed by atoms with Crippen molar-refractivity contribution in [2.75, 3.05) is 26.2 Å². The minimum atomic E-state index is -0.315. The number of nitrogens with two attached hydrogens (primary N) is 1. The fraction of sp³-hybridized carbons (Fsp3) is 0.727. The standard InChI is InChI=1S/C11H19N3O/c1-3-4-5-6-13-7-8-14(11(12)15)9-10(13)2/h1,10H,4-9H2,2H3,(H2,12,15). The summed E-state index contributed by atoms with van der Waals surface area (Å²) in [7, 11) is 0. The number of rotatable bonds is 3. The summed E-state index contributed by atoms with van der Waals surface area (Å²) in [6.45, 7) is 5.48. The molecule has 0 aromatic carbocycles. The summed E-state index contributed by atoms with van der Waals surface area (Å²) in [4.78, 5) is 15.0. The van der Waals surface area contributed by atoms with E-state index in [1.54, 1.807) is 4.90 Å². The van der Waals surface area contributed by atoms with Gasteiger partial charge in [-0.05, 0) is 19.9 Å². The summed E-state index contributed by atoms with van der Waals surface area (Å²) in [6, 6.07) is 0.0640. The first-order valence-electron chi connectivity index (χ1n) is 5.37. The van der Waals surface area contributed by atoms with Crippen LogP contribution in [0.25, 0.3) is 0 Å². The number of urea groups is 1. The third kappa shape index (κ3) is 3.45. The number of amides is 2. The maximum Gasteiger partial charge on any atom is 0.314 e. The lowest BCUT2D eigenvalue weighted by atomic mass is 10.1. The molecule has 1 heterocycles. The molecule has 0 aliphatic carbocycles. The summed E-state index contributed by atoms with van der Waals surface area (Å²) in [5.41, 5.74) is 5.24. The molecular weight excluding hydrogens is 190 g/mol. The topological polar surface area (TPSA) is 49.6 Å². The molecule has 1 unspecified atom stereocenters. The monoisotopic (exact) mass is 209 g/mol. The van der Waals surface area contributed by atoms with E-state index < -0.39 is 0 Å². The number of hydrogen-bond donors (Lipinski definition) is 1. The summed E-state index contributed by atoms with van der Waals surface area (Å²) in [6.07, 6.45) is 7.05. The van der Waals surface area contributed by atoms with Crippen molar-refractivity contribution >= 4 is 6.03 Å². The van der Waals surface area contributed by atoms with Gasteiger partial charge in [0.2, 0.25) is 0 Å². The van der Waals surface area contributed by atoms with Crippen molar-refractivity contribution in [3.63, 3.8) is 0 Å². The fourth-order valence-electron chi connectivity index (χ4n) is 1.91. The van der Waals surface area contributed by atoms with Gasteiger partial charge < -0.3 is 10.6 Å². The van der Waals surface area contributed by atoms with E-state index in [0.29, 0.717) is 6.04 Å². The van der Waals surface area contributed by atoms with E-state index in [0.717, 1.165) is 39.0 Å². The van der Waals surface area contributed by atoms with Crippen LogP contribution in [0.5, 0.6) is 0 Å². The van der Waals surface area contributed by atoms with Crippen LogP contribution in [0.1, 0.15) is 19.8 Å². The Morgan fingerprint density at radius 2 is 2.33 bits per heavy atom. The zero-order chi connectivity index (χ0) is 11.3. The van der Waals surface area contributed by atoms with Crippen LogP contribution < -0.4 is 5.73 Å². The molecular formula is C11H19N3O. The van der Waals surface area contributed by atoms with E-state index in [4.69, 9.17) is 12.2 Å². The first kappa shape index (κ1) is 11.9. The second-order valence-electron chi connectivity index (χ2n) is 3.98. The number of terminal acetylenes is 1. The Labute approximate surface area is 91.4 Å². The highest BCUT2D eigenvalue weighted by Crippen LogP contribution is 2.09. The van der Waals surface area contributed by atoms with Gasteiger partial charge in [0.1, 0.15) is 0 Å². The van der Waals surface area contributed by atoms with E-state index in [9.17, 15) is 4.79 Å². The predicted octanol–water partition coefficient (Wildman–Crippen LogP) is 0.485. The zero-order valence-electron chi connectivity index (χ0n) is 9.28. The molecule has 0 aromatic heterocycles. The molecule has 1 aliphatic rings. The third-order valence-corrected chi connectivity index (χ3v) is 2.84. The Hall–Kier alpha value is -1.21. The molecule has 1 saturated heterocycles. The predicted molar refractivity (Wildman–Crippen MR) is 60.3 cm³/mol. The maximum absolute atomic E-state index is 11.0. The number of nitrogens with zero attached hydrogens (tertiary/aromatic N) is 2. The Morgan fingerprint density at radius 1 is 1.60 bits per heavy atom. The quantitative estimate of drug-likeness (QED) is 0.543. The molecule has 0 saturated carbocycles. The summed E-state index contributed by atoms with van der Waals surface area (Å²) in [5.74, 6) is 2.64. The number of unbranched alkanes of at least 4 members (excludes halogenated alkanes) is 1. The molecule has 0 radical (unpaired) electrons. The van der Waals surface area contributed by atoms with Crippen molar-refractivity contribution in [3.05, 3.63) is 0 Å². The van der Waals surface area contributed by atoms with Crippen molar-refractivity contribution in [3.8, 4) is 12.3 Å². The number of carbonyl (C=O) groups excluding carboxylic acids is 1. The molecule has 4 nitrogen and oxygen atoms in total. The Kier molecular flexibility index (Phi) is 4.44. The molecule has 1 atom stereocenters. The molecule has 2 amide bonds. The normalized spacial score (nSPS) is 22.4. The lowest BCUT2D eigenvalue weighted by Gasteiger charge is -2.39. The van der Waals surface area contributed by atoms with Gasteiger partial charge in [-0.15, -0.1) is 12.3 Å². The smallest absolute Gasteiger partial charge is 0.314 e. The Morgan fingerprint density at radius 3 is 2.87 bits per heavy atom. The lowest BCUT2D eigenvalue weighted by molar-refractivity contribution is 0.101. The van der Waals surface area contributed by atoms with Crippen LogP contribution in [-0.2, 0) is 0 Å². The van der Waals surface area contributed by atoms with Crippen molar-refractivity contribution in [2.24, 2.45) is 5.73 Å². The van der Waals surface area contributed by atoms with Gasteiger partial charge in [-0.25, -0.2) is 4.79 Å². The van der Waals surface area contributed by atoms with Gasteiger partial charge >= 0.3 is 6.03 Å². The summed E-state index contributed by atoms with van der Waals surface area (Å²) < 4.78 is 0. The van der Waals surface area contributed by atoms with Gasteiger partial charge in [0.25, 0.3) is 0 Å². The first-order chi connectivity index (χ1) is 7.15. The largest absolute Gasteiger partial charge is 0.351 e. The van der Waals surface area contributed by atoms with Crippen molar-refractivity contribution in [2.45, 2.75) is 25.8 Å². The van der Waals surface area contributed by atoms with Crippen LogP contribution >= 0.6 is 0 Å². The lowest BCUT2D eigenvalue weighted by Crippen LogP contribution is -2.54. The molecule has 1 rings (SSSR count). The van der Waals surface area contributed by atoms with E-state index in [1.807, 2.05) is 0 Å². The molecule has 0 spiro atoms. The number of primary amides is 1. The van der Waals surface area contributed by atoms with E-state index >= 15 is 0 Å². The molecule has 0 aromatic rings. The summed E-state index contributed by atoms with van der Waals surface area (Å²) in [5, 5.41) is 0. The highest BCUT2D eigenvalue weighted by molar-refractivity contribution is 5.72. The van der Waals surface area contributed by atoms with Crippen LogP contribution in [0.15, 0.2) is 0 Å². The van der Waals surface area contributed by atoms with Crippen molar-refractivity contribution < 1.29 is 4.79 Å². The van der Waals surface area contributed by atoms with E-state index in [1.165, 1.54) is 0 Å². The SMILES string of the molecule is C#CCCCN1CCN(C(N)=O)CC1C. The van der Waals surface area contributed by atoms with Gasteiger partial charge in [-0.2, -0.15) is 0 Å². The molecule has 1 fully saturated rings. The van der Waals surface area contributed by atoms with Crippen LogP contribution in [0.4, 0.5) is 4.79 Å². The van der Waals surface area contributed by atoms with Crippen molar-refractivity contribution in [1.29, 1.82) is 0 Å². The van der Waals surface area contributed by atoms with Gasteiger partial charge in [-0.1, -0.05) is 0 Å². The van der Waals surface area contributed by atoms with Crippen LogP contribution in [0.3, 0.4) is 0 Å². The second-order valence-corrected chi connectivity index (χ2v) is 3.98. The highest BCUT2D eigenvalue weighted by atomic mass is 16.2. The average Bonchev–Trinajstić information content (AvgIpc) is 2.20. The Bertz CT molecular complexity index is 259. The fourth-order valence-corrected chi connectivity index (χ4v) is 1.91. The molecule has 4 heteroatoms. The Balaban J connectivity index is 2.33. The molecule has 84 valence electrons. The maximum atomic E-state index is 11.0. The number of carbonyl (C=O) groups is 1. The number of piperazine rings is 1. The molecule has 15 heavy (non-hydrogen) atoms. The van der Waals surface area contributed by atoms with E-state index in [-0.39, 0.29) is 6.03 Å². The minimum absolute atomic E-state index is 0.315. The first-order valence-corrected chi connectivity index (χ1v) is 5.37. The van der Waals surface area contributed by atoms with Gasteiger partial charge in [0.15, 0.2) is 0 Å². The zero-order valence-corrected chi connectivity index (χ0v) is 9.28. The van der Waals surface area contributed by atoms with Gasteiger partial charge in [0.05, 0.1) is 0 Å². The number of hydrogen-bond acceptors (Lipinski definition) is 2. The van der Waals surface area contributed by atoms with Gasteiger partial charge in [0, 0.05) is 32.1 Å². The average molecular weight is 209 g/mol. The summed E-state index contributed by atoms with van der Waals surface area (Å²) >= 11 is 0. The molecule has 1 aliphatic heterocycles. The minimum Gasteiger partial charge on any atom is -0.351 e. The van der Waals surface area contributed by atoms with E-state index in [2.05, 4.69) is 17.7 Å². The van der Waals surface area contributed by atoms with Gasteiger partial charge in [-0.3, -0.25) is 4.90 Å². The second kappa shape index (κ2) is 5.62. The third-order valence-electron chi connectivity index (χ3n) is 2.84. The van der Waals surface area contributed by atoms with Crippen LogP contribution in [0.2, 0.25) is 0 Å². The molecule has 2 N–H and O–H groups in total. The van der Waals surface area contributed by atoms with Crippen LogP contribution in [0, 0.1) is 12.3 Å².